The van der Waals surface area contributed by atoms with Crippen LogP contribution < -0.4 is 10.5 Å². The van der Waals surface area contributed by atoms with Gasteiger partial charge in [-0.25, -0.2) is 13.7 Å². The van der Waals surface area contributed by atoms with Crippen LogP contribution in [-0.4, -0.2) is 28.4 Å². The van der Waals surface area contributed by atoms with Crippen molar-refractivity contribution in [3.05, 3.63) is 60.7 Å². The summed E-state index contributed by atoms with van der Waals surface area (Å²) in [5, 5.41) is 0. The first-order chi connectivity index (χ1) is 12.0. The molecular formula is C18H18FN5S. The molecule has 0 amide bonds. The zero-order chi connectivity index (χ0) is 17.8. The van der Waals surface area contributed by atoms with Crippen molar-refractivity contribution >= 4 is 23.6 Å². The highest BCUT2D eigenvalue weighted by molar-refractivity contribution is 7.98. The van der Waals surface area contributed by atoms with Crippen molar-refractivity contribution in [1.29, 1.82) is 0 Å². The highest BCUT2D eigenvalue weighted by Gasteiger charge is 2.11. The van der Waals surface area contributed by atoms with E-state index in [1.165, 1.54) is 30.6 Å². The van der Waals surface area contributed by atoms with E-state index in [0.717, 1.165) is 16.8 Å². The number of hydrogen-bond acceptors (Lipinski definition) is 6. The lowest BCUT2D eigenvalue weighted by Crippen LogP contribution is -2.04. The van der Waals surface area contributed by atoms with Crippen molar-refractivity contribution in [3.63, 3.8) is 0 Å². The first kappa shape index (κ1) is 17.2. The van der Waals surface area contributed by atoms with E-state index in [1.54, 1.807) is 6.07 Å². The minimum Gasteiger partial charge on any atom is -0.382 e. The molecule has 0 bridgehead atoms. The fourth-order valence-electron chi connectivity index (χ4n) is 2.33. The Kier molecular flexibility index (Phi) is 5.16. The van der Waals surface area contributed by atoms with E-state index in [9.17, 15) is 4.39 Å². The second-order valence-corrected chi connectivity index (χ2v) is 6.69. The number of nitrogens with two attached hydrogens (primary N) is 1. The lowest BCUT2D eigenvalue weighted by molar-refractivity contribution is 0.631. The smallest absolute Gasteiger partial charge is 0.141 e. The van der Waals surface area contributed by atoms with Crippen LogP contribution in [0.1, 0.15) is 0 Å². The molecule has 128 valence electrons. The molecule has 0 unspecified atom stereocenters. The zero-order valence-corrected chi connectivity index (χ0v) is 14.7. The Morgan fingerprint density at radius 1 is 1.04 bits per heavy atom. The summed E-state index contributed by atoms with van der Waals surface area (Å²) in [7, 11) is 3.89. The minimum atomic E-state index is -0.355. The molecular weight excluding hydrogens is 337 g/mol. The van der Waals surface area contributed by atoms with Gasteiger partial charge in [0.1, 0.15) is 11.6 Å². The van der Waals surface area contributed by atoms with Gasteiger partial charge in [0.2, 0.25) is 0 Å². The molecule has 1 heterocycles. The van der Waals surface area contributed by atoms with E-state index in [0.29, 0.717) is 17.1 Å². The predicted octanol–water partition coefficient (Wildman–Crippen LogP) is 4.07. The molecule has 0 saturated heterocycles. The number of aromatic nitrogens is 2. The van der Waals surface area contributed by atoms with Gasteiger partial charge in [-0.05, 0) is 37.9 Å². The molecule has 0 aliphatic carbocycles. The lowest BCUT2D eigenvalue weighted by atomic mass is 10.0. The summed E-state index contributed by atoms with van der Waals surface area (Å²) in [5.74, 6) is -0.0502. The Balaban J connectivity index is 1.94. The maximum absolute atomic E-state index is 14.6. The molecule has 3 aromatic rings. The Bertz CT molecular complexity index is 868. The minimum absolute atomic E-state index is 0.305. The second-order valence-electron chi connectivity index (χ2n) is 5.57. The van der Waals surface area contributed by atoms with E-state index in [4.69, 9.17) is 5.73 Å². The van der Waals surface area contributed by atoms with Crippen molar-refractivity contribution in [2.45, 2.75) is 0 Å². The summed E-state index contributed by atoms with van der Waals surface area (Å²) < 4.78 is 19.8. The average molecular weight is 355 g/mol. The monoisotopic (exact) mass is 355 g/mol. The summed E-state index contributed by atoms with van der Waals surface area (Å²) in [6.45, 7) is 0. The van der Waals surface area contributed by atoms with Crippen LogP contribution in [-0.2, 0) is 0 Å². The van der Waals surface area contributed by atoms with Crippen molar-refractivity contribution in [2.24, 2.45) is 0 Å². The van der Waals surface area contributed by atoms with Crippen LogP contribution in [0.2, 0.25) is 0 Å². The number of rotatable bonds is 5. The van der Waals surface area contributed by atoms with Crippen molar-refractivity contribution in [1.82, 2.24) is 14.3 Å². The highest BCUT2D eigenvalue weighted by atomic mass is 32.2. The van der Waals surface area contributed by atoms with E-state index in [2.05, 4.69) is 14.7 Å². The average Bonchev–Trinajstić information content (AvgIpc) is 2.61. The van der Waals surface area contributed by atoms with Gasteiger partial charge in [-0.1, -0.05) is 24.3 Å². The molecule has 0 aliphatic heterocycles. The Morgan fingerprint density at radius 3 is 2.52 bits per heavy atom. The fourth-order valence-corrected chi connectivity index (χ4v) is 2.79. The molecule has 0 aliphatic rings. The largest absolute Gasteiger partial charge is 0.382 e. The van der Waals surface area contributed by atoms with Gasteiger partial charge >= 0.3 is 0 Å². The quantitative estimate of drug-likeness (QED) is 0.673. The molecule has 0 fully saturated rings. The fraction of sp³-hybridized carbons (Fsp3) is 0.111. The summed E-state index contributed by atoms with van der Waals surface area (Å²) in [5.41, 5.74) is 9.00. The van der Waals surface area contributed by atoms with Gasteiger partial charge in [0.25, 0.3) is 0 Å². The number of hydrogen-bond donors (Lipinski definition) is 2. The van der Waals surface area contributed by atoms with Crippen LogP contribution in [0.15, 0.2) is 54.9 Å². The van der Waals surface area contributed by atoms with Crippen molar-refractivity contribution in [3.8, 4) is 22.4 Å². The van der Waals surface area contributed by atoms with Crippen LogP contribution in [0.5, 0.6) is 0 Å². The lowest BCUT2D eigenvalue weighted by Gasteiger charge is -2.14. The Morgan fingerprint density at radius 2 is 1.84 bits per heavy atom. The van der Waals surface area contributed by atoms with Crippen molar-refractivity contribution < 1.29 is 4.39 Å². The molecule has 0 atom stereocenters. The molecule has 5 nitrogen and oxygen atoms in total. The van der Waals surface area contributed by atoms with E-state index < -0.39 is 0 Å². The van der Waals surface area contributed by atoms with Crippen LogP contribution >= 0.6 is 12.1 Å². The maximum atomic E-state index is 14.6. The topological polar surface area (TPSA) is 67.1 Å². The third kappa shape index (κ3) is 4.07. The van der Waals surface area contributed by atoms with Crippen LogP contribution in [0.4, 0.5) is 15.9 Å². The molecule has 3 rings (SSSR count). The maximum Gasteiger partial charge on any atom is 0.141 e. The standard InChI is InChI=1S/C18H18FN5S/c1-24(2)25-23-16-6-4-3-5-13(16)12-7-8-14(15(19)9-12)17-10-22-18(20)11-21-17/h3-11,23H,1-2H3,(H2,20,22). The molecule has 7 heteroatoms. The summed E-state index contributed by atoms with van der Waals surface area (Å²) in [4.78, 5) is 8.09. The van der Waals surface area contributed by atoms with E-state index in [1.807, 2.05) is 48.7 Å². The Hall–Kier alpha value is -2.64. The molecule has 0 spiro atoms. The molecule has 0 saturated carbocycles. The molecule has 3 N–H and O–H groups in total. The van der Waals surface area contributed by atoms with Crippen molar-refractivity contribution in [2.75, 3.05) is 24.6 Å². The first-order valence-electron chi connectivity index (χ1n) is 7.62. The number of benzene rings is 2. The van der Waals surface area contributed by atoms with Crippen LogP contribution in [0.25, 0.3) is 22.4 Å². The number of nitrogens with one attached hydrogen (secondary N) is 1. The number of halogens is 1. The third-order valence-corrected chi connectivity index (χ3v) is 4.17. The summed E-state index contributed by atoms with van der Waals surface area (Å²) in [6.07, 6.45) is 2.89. The predicted molar refractivity (Wildman–Crippen MR) is 102 cm³/mol. The summed E-state index contributed by atoms with van der Waals surface area (Å²) >= 11 is 1.46. The number of nitrogen functional groups attached to an aromatic ring is 1. The van der Waals surface area contributed by atoms with Gasteiger partial charge in [-0.3, -0.25) is 4.98 Å². The van der Waals surface area contributed by atoms with E-state index in [-0.39, 0.29) is 5.82 Å². The molecule has 2 aromatic carbocycles. The summed E-state index contributed by atoms with van der Waals surface area (Å²) in [6, 6.07) is 12.9. The van der Waals surface area contributed by atoms with Crippen LogP contribution in [0.3, 0.4) is 0 Å². The number of para-hydroxylation sites is 1. The van der Waals surface area contributed by atoms with Gasteiger partial charge in [0.15, 0.2) is 0 Å². The number of anilines is 2. The van der Waals surface area contributed by atoms with Gasteiger partial charge in [0.05, 0.1) is 23.8 Å². The van der Waals surface area contributed by atoms with Crippen LogP contribution in [0, 0.1) is 5.82 Å². The molecule has 0 radical (unpaired) electrons. The van der Waals surface area contributed by atoms with E-state index >= 15 is 0 Å². The zero-order valence-electron chi connectivity index (χ0n) is 13.9. The third-order valence-electron chi connectivity index (χ3n) is 3.49. The van der Waals surface area contributed by atoms with Gasteiger partial charge in [-0.15, -0.1) is 0 Å². The Labute approximate surface area is 150 Å². The first-order valence-corrected chi connectivity index (χ1v) is 8.39. The van der Waals surface area contributed by atoms with Gasteiger partial charge in [0, 0.05) is 23.3 Å². The molecule has 25 heavy (non-hydrogen) atoms. The van der Waals surface area contributed by atoms with Gasteiger partial charge < -0.3 is 10.5 Å². The van der Waals surface area contributed by atoms with Gasteiger partial charge in [-0.2, -0.15) is 0 Å². The molecule has 1 aromatic heterocycles. The highest BCUT2D eigenvalue weighted by Crippen LogP contribution is 2.32. The SMILES string of the molecule is CN(C)SNc1ccccc1-c1ccc(-c2cnc(N)cn2)c(F)c1. The second kappa shape index (κ2) is 7.50. The number of nitrogens with zero attached hydrogens (tertiary/aromatic N) is 3. The normalized spacial score (nSPS) is 10.9.